The van der Waals surface area contributed by atoms with Gasteiger partial charge in [0, 0.05) is 32.7 Å². The van der Waals surface area contributed by atoms with Gasteiger partial charge >= 0.3 is 0 Å². The molecule has 0 aliphatic heterocycles. The number of aldehydes is 1. The van der Waals surface area contributed by atoms with E-state index >= 15 is 0 Å². The molecule has 0 aromatic carbocycles. The summed E-state index contributed by atoms with van der Waals surface area (Å²) >= 11 is 0. The third-order valence-electron chi connectivity index (χ3n) is 9.38. The van der Waals surface area contributed by atoms with Crippen molar-refractivity contribution in [3.63, 3.8) is 0 Å². The summed E-state index contributed by atoms with van der Waals surface area (Å²) in [6.45, 7) is 30.1. The third-order valence-corrected chi connectivity index (χ3v) is 9.38. The van der Waals surface area contributed by atoms with Crippen LogP contribution in [-0.2, 0) is 37.5 Å². The minimum absolute atomic E-state index is 0. The summed E-state index contributed by atoms with van der Waals surface area (Å²) in [5.74, 6) is 2.83. The van der Waals surface area contributed by atoms with Gasteiger partial charge in [0.1, 0.15) is 0 Å². The van der Waals surface area contributed by atoms with Crippen LogP contribution in [0.5, 0.6) is 0 Å². The number of rotatable bonds is 4. The molecule has 0 spiro atoms. The van der Waals surface area contributed by atoms with Crippen molar-refractivity contribution in [2.75, 3.05) is 0 Å². The quantitative estimate of drug-likeness (QED) is 0.316. The number of allylic oxidation sites excluding steroid dienone is 2. The molecular weight excluding hydrogens is 405 g/mol. The monoisotopic (exact) mass is 451 g/mol. The summed E-state index contributed by atoms with van der Waals surface area (Å²) in [5.41, 5.74) is 1.98. The zero-order valence-electron chi connectivity index (χ0n) is 21.1. The van der Waals surface area contributed by atoms with Crippen molar-refractivity contribution in [1.82, 2.24) is 0 Å². The molecule has 1 radical (unpaired) electrons. The maximum atomic E-state index is 11.9. The normalized spacial score (nSPS) is 24.6. The minimum atomic E-state index is -0.178. The molecular formula is C25H46OY-4. The second-order valence-electron chi connectivity index (χ2n) is 10.4. The molecule has 1 aliphatic carbocycles. The fourth-order valence-corrected chi connectivity index (χ4v) is 5.21. The molecule has 0 saturated carbocycles. The van der Waals surface area contributed by atoms with Crippen LogP contribution in [0.4, 0.5) is 0 Å². The molecule has 1 rings (SSSR count). The summed E-state index contributed by atoms with van der Waals surface area (Å²) < 4.78 is 0. The van der Waals surface area contributed by atoms with Crippen molar-refractivity contribution in [2.45, 2.75) is 90.0 Å². The zero-order chi connectivity index (χ0) is 19.5. The van der Waals surface area contributed by atoms with Crippen molar-refractivity contribution in [1.29, 1.82) is 0 Å². The van der Waals surface area contributed by atoms with E-state index in [0.717, 1.165) is 11.9 Å². The number of carbonyl (C=O) groups excluding carboxylic acids is 1. The first kappa shape index (κ1) is 32.1. The van der Waals surface area contributed by atoms with Gasteiger partial charge in [-0.25, -0.2) is 11.5 Å². The van der Waals surface area contributed by atoms with Gasteiger partial charge in [-0.1, -0.05) is 85.5 Å². The van der Waals surface area contributed by atoms with E-state index in [1.165, 1.54) is 17.4 Å². The Kier molecular flexibility index (Phi) is 10.7. The molecule has 1 atom stereocenters. The molecule has 0 amide bonds. The average molecular weight is 452 g/mol. The van der Waals surface area contributed by atoms with Crippen LogP contribution >= 0.6 is 0 Å². The van der Waals surface area contributed by atoms with Crippen molar-refractivity contribution in [3.8, 4) is 0 Å². The van der Waals surface area contributed by atoms with E-state index in [1.807, 2.05) is 0 Å². The minimum Gasteiger partial charge on any atom is -0.358 e. The molecule has 0 aromatic heterocycles. The molecule has 0 aromatic rings. The van der Waals surface area contributed by atoms with Gasteiger partial charge < -0.3 is 25.6 Å². The molecule has 2 heteroatoms. The molecule has 159 valence electrons. The van der Waals surface area contributed by atoms with Crippen molar-refractivity contribution < 1.29 is 37.5 Å². The van der Waals surface area contributed by atoms with Gasteiger partial charge in [0.2, 0.25) is 0 Å². The zero-order valence-corrected chi connectivity index (χ0v) is 23.9. The van der Waals surface area contributed by atoms with E-state index in [9.17, 15) is 4.79 Å². The Morgan fingerprint density at radius 1 is 0.963 bits per heavy atom. The largest absolute Gasteiger partial charge is 0.358 e. The topological polar surface area (TPSA) is 17.1 Å². The second kappa shape index (κ2) is 9.03. The Morgan fingerprint density at radius 2 is 1.33 bits per heavy atom. The second-order valence-corrected chi connectivity index (χ2v) is 10.4. The predicted molar refractivity (Wildman–Crippen MR) is 118 cm³/mol. The Balaban J connectivity index is -0.00000192. The molecule has 1 unspecified atom stereocenters. The average Bonchev–Trinajstić information content (AvgIpc) is 2.43. The summed E-state index contributed by atoms with van der Waals surface area (Å²) in [4.78, 5) is 11.9. The number of carbonyl (C=O) groups is 1. The molecule has 1 nitrogen and oxygen atoms in total. The Morgan fingerprint density at radius 3 is 1.63 bits per heavy atom. The van der Waals surface area contributed by atoms with Crippen LogP contribution in [0.1, 0.15) is 90.0 Å². The van der Waals surface area contributed by atoms with Crippen LogP contribution in [-0.4, -0.2) is 6.29 Å². The first-order valence-electron chi connectivity index (χ1n) is 9.27. The summed E-state index contributed by atoms with van der Waals surface area (Å²) in [6.07, 6.45) is 1.09. The fourth-order valence-electron chi connectivity index (χ4n) is 5.21. The van der Waals surface area contributed by atoms with Gasteiger partial charge in [-0.2, -0.15) is 19.3 Å². The molecule has 0 bridgehead atoms. The molecule has 0 fully saturated rings. The van der Waals surface area contributed by atoms with Crippen molar-refractivity contribution >= 4 is 6.29 Å². The maximum absolute atomic E-state index is 11.9. The van der Waals surface area contributed by atoms with Gasteiger partial charge in [0.25, 0.3) is 0 Å². The van der Waals surface area contributed by atoms with E-state index < -0.39 is 0 Å². The van der Waals surface area contributed by atoms with Crippen LogP contribution in [0.25, 0.3) is 0 Å². The standard InChI is InChI=1S/C23H40O.2CH3.Y/c1-15(2)19(5,6)21(9,10)23(13)17(4)16(3)18(14-24)20(7,8)22(23,11)12;;;/h14H,1-13H3;2*1H3;/q-2;2*-1;. The summed E-state index contributed by atoms with van der Waals surface area (Å²) in [5, 5.41) is 0. The van der Waals surface area contributed by atoms with E-state index in [0.29, 0.717) is 0 Å². The fraction of sp³-hybridized carbons (Fsp3) is 0.720. The van der Waals surface area contributed by atoms with Gasteiger partial charge in [0.15, 0.2) is 0 Å². The number of hydrogen-bond donors (Lipinski definition) is 0. The third kappa shape index (κ3) is 3.78. The van der Waals surface area contributed by atoms with Gasteiger partial charge in [-0.05, 0) is 5.41 Å². The van der Waals surface area contributed by atoms with Crippen LogP contribution in [0.15, 0.2) is 11.1 Å². The smallest absolute Gasteiger partial charge is 0.0666 e. The molecule has 0 saturated heterocycles. The van der Waals surface area contributed by atoms with Gasteiger partial charge in [-0.3, -0.25) is 0 Å². The van der Waals surface area contributed by atoms with Crippen LogP contribution in [0.2, 0.25) is 0 Å². The van der Waals surface area contributed by atoms with Crippen molar-refractivity contribution in [3.05, 3.63) is 37.8 Å². The summed E-state index contributed by atoms with van der Waals surface area (Å²) in [7, 11) is 0. The van der Waals surface area contributed by atoms with E-state index in [2.05, 4.69) is 90.0 Å². The molecule has 0 heterocycles. The van der Waals surface area contributed by atoms with E-state index in [-0.39, 0.29) is 74.6 Å². The predicted octanol–water partition coefficient (Wildman–Crippen LogP) is 7.73. The molecule has 0 N–H and O–H groups in total. The first-order chi connectivity index (χ1) is 10.5. The Hall–Kier alpha value is 0.384. The molecule has 1 aliphatic rings. The van der Waals surface area contributed by atoms with Crippen LogP contribution < -0.4 is 0 Å². The maximum Gasteiger partial charge on any atom is 0.0666 e. The Bertz CT molecular complexity index is 549. The van der Waals surface area contributed by atoms with Crippen LogP contribution in [0.3, 0.4) is 0 Å². The first-order valence-corrected chi connectivity index (χ1v) is 9.27. The Labute approximate surface area is 197 Å². The van der Waals surface area contributed by atoms with Gasteiger partial charge in [-0.15, -0.1) is 12.5 Å². The van der Waals surface area contributed by atoms with Crippen molar-refractivity contribution in [2.24, 2.45) is 27.1 Å². The van der Waals surface area contributed by atoms with Crippen LogP contribution in [0, 0.1) is 53.8 Å². The number of hydrogen-bond acceptors (Lipinski definition) is 1. The van der Waals surface area contributed by atoms with E-state index in [1.54, 1.807) is 0 Å². The van der Waals surface area contributed by atoms with Gasteiger partial charge in [0.05, 0.1) is 6.29 Å². The molecule has 27 heavy (non-hydrogen) atoms. The van der Waals surface area contributed by atoms with E-state index in [4.69, 9.17) is 0 Å². The summed E-state index contributed by atoms with van der Waals surface area (Å²) in [6, 6.07) is 0. The SMILES string of the molecule is CC1=C(C=O)C(C)(C)C(C)(C)C(C)(C(C)(C)C(C)(C)[C-](C)C)[C-]1C.[CH3-].[CH3-].[Y].